The highest BCUT2D eigenvalue weighted by molar-refractivity contribution is 7.93. The lowest BCUT2D eigenvalue weighted by molar-refractivity contribution is -0.134. The van der Waals surface area contributed by atoms with Crippen molar-refractivity contribution in [1.82, 2.24) is 25.7 Å². The lowest BCUT2D eigenvalue weighted by Crippen LogP contribution is -2.54. The van der Waals surface area contributed by atoms with Gasteiger partial charge in [-0.1, -0.05) is 38.1 Å². The van der Waals surface area contributed by atoms with Crippen molar-refractivity contribution in [2.75, 3.05) is 19.8 Å². The van der Waals surface area contributed by atoms with Crippen LogP contribution in [0, 0.1) is 5.92 Å². The molecule has 12 heteroatoms. The first-order valence-corrected chi connectivity index (χ1v) is 14.6. The van der Waals surface area contributed by atoms with Crippen molar-refractivity contribution in [2.24, 2.45) is 5.92 Å². The molecule has 2 heterocycles. The maximum Gasteiger partial charge on any atom is 0.265 e. The lowest BCUT2D eigenvalue weighted by atomic mass is 9.98. The molecule has 0 unspecified atom stereocenters. The Bertz CT molecular complexity index is 1330. The Morgan fingerprint density at radius 3 is 2.46 bits per heavy atom. The van der Waals surface area contributed by atoms with Gasteiger partial charge in [0, 0.05) is 25.2 Å². The zero-order valence-corrected chi connectivity index (χ0v) is 23.1. The number of hydrogen-bond donors (Lipinski definition) is 2. The van der Waals surface area contributed by atoms with E-state index in [1.807, 2.05) is 12.1 Å². The number of ether oxygens (including phenoxy) is 2. The number of nitrogens with one attached hydrogen (secondary N) is 1. The van der Waals surface area contributed by atoms with Crippen LogP contribution in [0.25, 0.3) is 11.4 Å². The summed E-state index contributed by atoms with van der Waals surface area (Å²) in [5.74, 6) is 0.781. The maximum absolute atomic E-state index is 13.3. The second kappa shape index (κ2) is 12.7. The number of carbonyl (C=O) groups is 1. The van der Waals surface area contributed by atoms with E-state index in [0.29, 0.717) is 37.1 Å². The predicted octanol–water partition coefficient (Wildman–Crippen LogP) is 3.23. The van der Waals surface area contributed by atoms with E-state index in [4.69, 9.17) is 9.47 Å². The lowest BCUT2D eigenvalue weighted by Gasteiger charge is -2.34. The van der Waals surface area contributed by atoms with Gasteiger partial charge >= 0.3 is 0 Å². The van der Waals surface area contributed by atoms with Gasteiger partial charge in [0.1, 0.15) is 5.75 Å². The first-order chi connectivity index (χ1) is 18.7. The Morgan fingerprint density at radius 1 is 1.13 bits per heavy atom. The molecule has 1 saturated heterocycles. The van der Waals surface area contributed by atoms with Crippen LogP contribution in [-0.4, -0.2) is 64.3 Å². The third-order valence-electron chi connectivity index (χ3n) is 6.91. The van der Waals surface area contributed by atoms with E-state index in [1.54, 1.807) is 12.1 Å². The number of aromatic nitrogens is 4. The number of sulfone groups is 1. The number of aryl methyl sites for hydroxylation is 2. The zero-order chi connectivity index (χ0) is 27.9. The molecule has 1 fully saturated rings. The summed E-state index contributed by atoms with van der Waals surface area (Å²) < 4.78 is 35.9. The molecule has 3 aromatic rings. The first kappa shape index (κ1) is 28.7. The Balaban J connectivity index is 1.29. The van der Waals surface area contributed by atoms with Gasteiger partial charge in [-0.25, -0.2) is 13.9 Å². The molecule has 1 aliphatic rings. The minimum Gasteiger partial charge on any atom is -0.494 e. The van der Waals surface area contributed by atoms with Gasteiger partial charge in [0.05, 0.1) is 18.0 Å². The fourth-order valence-electron chi connectivity index (χ4n) is 4.49. The van der Waals surface area contributed by atoms with Crippen LogP contribution in [0.4, 0.5) is 0 Å². The van der Waals surface area contributed by atoms with Crippen molar-refractivity contribution in [2.45, 2.75) is 62.1 Å². The van der Waals surface area contributed by atoms with Gasteiger partial charge in [0.15, 0.2) is 14.6 Å². The van der Waals surface area contributed by atoms with Crippen molar-refractivity contribution < 1.29 is 27.9 Å². The smallest absolute Gasteiger partial charge is 0.265 e. The van der Waals surface area contributed by atoms with E-state index in [-0.39, 0.29) is 31.0 Å². The Labute approximate surface area is 228 Å². The van der Waals surface area contributed by atoms with Crippen LogP contribution in [-0.2, 0) is 32.3 Å². The van der Waals surface area contributed by atoms with Crippen molar-refractivity contribution >= 4 is 15.7 Å². The highest BCUT2D eigenvalue weighted by atomic mass is 32.2. The molecule has 1 amide bonds. The summed E-state index contributed by atoms with van der Waals surface area (Å²) >= 11 is 0. The Hall–Kier alpha value is -3.35. The Kier molecular flexibility index (Phi) is 9.31. The monoisotopic (exact) mass is 557 g/mol. The van der Waals surface area contributed by atoms with Gasteiger partial charge in [0.2, 0.25) is 5.82 Å². The minimum atomic E-state index is -4.08. The third-order valence-corrected chi connectivity index (χ3v) is 9.43. The molecular weight excluding hydrogens is 522 g/mol. The van der Waals surface area contributed by atoms with Crippen LogP contribution in [0.1, 0.15) is 45.1 Å². The molecule has 39 heavy (non-hydrogen) atoms. The molecule has 0 radical (unpaired) electrons. The third kappa shape index (κ3) is 6.63. The number of hydroxylamine groups is 1. The molecule has 2 N–H and O–H groups in total. The molecule has 0 bridgehead atoms. The van der Waals surface area contributed by atoms with E-state index >= 15 is 0 Å². The molecule has 0 spiro atoms. The predicted molar refractivity (Wildman–Crippen MR) is 143 cm³/mol. The molecule has 0 saturated carbocycles. The summed E-state index contributed by atoms with van der Waals surface area (Å²) in [6.07, 6.45) is 2.74. The standard InChI is InChI=1S/C27H35N5O6S/c1-20(2)4-5-21-6-8-22(9-7-21)25-28-31-32(29-25)16-3-17-38-23-10-12-24(13-11-23)39(35,36)27(26(33)30-34)14-18-37-19-15-27/h6-13,20,34H,3-5,14-19H2,1-2H3,(H,30,33). The number of tetrazole rings is 1. The normalized spacial score (nSPS) is 15.3. The molecule has 11 nitrogen and oxygen atoms in total. The minimum absolute atomic E-state index is 0.0207. The molecule has 2 aromatic carbocycles. The van der Waals surface area contributed by atoms with E-state index < -0.39 is 20.5 Å². The van der Waals surface area contributed by atoms with Crippen molar-refractivity contribution in [3.63, 3.8) is 0 Å². The highest BCUT2D eigenvalue weighted by Crippen LogP contribution is 2.35. The molecule has 4 rings (SSSR count). The largest absolute Gasteiger partial charge is 0.494 e. The number of hydrogen-bond acceptors (Lipinski definition) is 9. The van der Waals surface area contributed by atoms with E-state index in [2.05, 4.69) is 41.4 Å². The van der Waals surface area contributed by atoms with Gasteiger partial charge in [-0.15, -0.1) is 10.2 Å². The van der Waals surface area contributed by atoms with Crippen molar-refractivity contribution in [3.8, 4) is 17.1 Å². The van der Waals surface area contributed by atoms with Crippen LogP contribution in [0.2, 0.25) is 0 Å². The number of benzene rings is 2. The summed E-state index contributed by atoms with van der Waals surface area (Å²) in [6.45, 7) is 5.53. The SMILES string of the molecule is CC(C)CCc1ccc(-c2nnn(CCCOc3ccc(S(=O)(=O)C4(C(=O)NO)CCOCC4)cc3)n2)cc1. The van der Waals surface area contributed by atoms with E-state index in [9.17, 15) is 18.4 Å². The van der Waals surface area contributed by atoms with Gasteiger partial charge < -0.3 is 9.47 Å². The number of amides is 1. The topological polar surface area (TPSA) is 146 Å². The summed E-state index contributed by atoms with van der Waals surface area (Å²) in [4.78, 5) is 13.9. The average molecular weight is 558 g/mol. The van der Waals surface area contributed by atoms with Crippen molar-refractivity contribution in [1.29, 1.82) is 0 Å². The zero-order valence-electron chi connectivity index (χ0n) is 22.2. The summed E-state index contributed by atoms with van der Waals surface area (Å²) in [6, 6.07) is 14.2. The number of carbonyl (C=O) groups excluding carboxylic acids is 1. The van der Waals surface area contributed by atoms with Gasteiger partial charge in [-0.2, -0.15) is 4.80 Å². The highest BCUT2D eigenvalue weighted by Gasteiger charge is 2.52. The summed E-state index contributed by atoms with van der Waals surface area (Å²) in [5.41, 5.74) is 3.73. The van der Waals surface area contributed by atoms with Crippen LogP contribution in [0.3, 0.4) is 0 Å². The van der Waals surface area contributed by atoms with Crippen LogP contribution in [0.5, 0.6) is 5.75 Å². The van der Waals surface area contributed by atoms with E-state index in [0.717, 1.165) is 18.4 Å². The second-order valence-electron chi connectivity index (χ2n) is 10.1. The first-order valence-electron chi connectivity index (χ1n) is 13.1. The van der Waals surface area contributed by atoms with Gasteiger partial charge in [-0.3, -0.25) is 10.0 Å². The summed E-state index contributed by atoms with van der Waals surface area (Å²) in [7, 11) is -4.08. The average Bonchev–Trinajstić information content (AvgIpc) is 3.43. The molecule has 0 aliphatic carbocycles. The molecule has 1 aliphatic heterocycles. The fraction of sp³-hybridized carbons (Fsp3) is 0.481. The molecule has 0 atom stereocenters. The van der Waals surface area contributed by atoms with Gasteiger partial charge in [0.25, 0.3) is 5.91 Å². The number of nitrogens with zero attached hydrogens (tertiary/aromatic N) is 4. The Morgan fingerprint density at radius 2 is 1.82 bits per heavy atom. The fourth-order valence-corrected chi connectivity index (χ4v) is 6.43. The second-order valence-corrected chi connectivity index (χ2v) is 12.3. The quantitative estimate of drug-likeness (QED) is 0.195. The van der Waals surface area contributed by atoms with Crippen LogP contribution >= 0.6 is 0 Å². The molecule has 210 valence electrons. The van der Waals surface area contributed by atoms with Crippen LogP contribution < -0.4 is 10.2 Å². The van der Waals surface area contributed by atoms with E-state index in [1.165, 1.54) is 28.0 Å². The molecule has 1 aromatic heterocycles. The number of rotatable bonds is 12. The summed E-state index contributed by atoms with van der Waals surface area (Å²) in [5, 5.41) is 21.9. The van der Waals surface area contributed by atoms with Gasteiger partial charge in [-0.05, 0) is 66.6 Å². The van der Waals surface area contributed by atoms with Crippen molar-refractivity contribution in [3.05, 3.63) is 54.1 Å². The molecular formula is C27H35N5O6S. The maximum atomic E-state index is 13.3. The van der Waals surface area contributed by atoms with Crippen LogP contribution in [0.15, 0.2) is 53.4 Å².